The third-order valence-electron chi connectivity index (χ3n) is 4.18. The second-order valence-corrected chi connectivity index (χ2v) is 7.36. The van der Waals surface area contributed by atoms with E-state index in [9.17, 15) is 14.4 Å². The van der Waals surface area contributed by atoms with Gasteiger partial charge in [-0.15, -0.1) is 0 Å². The van der Waals surface area contributed by atoms with Crippen LogP contribution >= 0.6 is 0 Å². The molecule has 0 radical (unpaired) electrons. The number of ether oxygens (including phenoxy) is 1. The lowest BCUT2D eigenvalue weighted by Crippen LogP contribution is -2.39. The Morgan fingerprint density at radius 2 is 1.65 bits per heavy atom. The number of benzene rings is 2. The van der Waals surface area contributed by atoms with Gasteiger partial charge in [-0.1, -0.05) is 44.2 Å². The Labute approximate surface area is 182 Å². The number of nitrogens with one attached hydrogen (secondary N) is 3. The maximum absolute atomic E-state index is 12.1. The Morgan fingerprint density at radius 1 is 0.968 bits per heavy atom. The van der Waals surface area contributed by atoms with Gasteiger partial charge in [0.15, 0.2) is 6.61 Å². The average molecular weight is 425 g/mol. The highest BCUT2D eigenvalue weighted by molar-refractivity contribution is 6.35. The van der Waals surface area contributed by atoms with Crippen LogP contribution in [-0.2, 0) is 14.4 Å². The molecule has 2 aromatic rings. The van der Waals surface area contributed by atoms with Crippen LogP contribution in [0.2, 0.25) is 0 Å². The van der Waals surface area contributed by atoms with Gasteiger partial charge in [-0.05, 0) is 48.2 Å². The maximum Gasteiger partial charge on any atom is 0.329 e. The molecule has 3 amide bonds. The summed E-state index contributed by atoms with van der Waals surface area (Å²) in [7, 11) is 0. The summed E-state index contributed by atoms with van der Waals surface area (Å²) in [6, 6.07) is 16.4. The van der Waals surface area contributed by atoms with Gasteiger partial charge in [-0.3, -0.25) is 14.4 Å². The molecule has 0 spiro atoms. The van der Waals surface area contributed by atoms with E-state index in [0.717, 1.165) is 5.56 Å². The van der Waals surface area contributed by atoms with E-state index in [4.69, 9.17) is 4.74 Å². The fourth-order valence-electron chi connectivity index (χ4n) is 2.50. The molecular formula is C23H28N4O4. The predicted octanol–water partition coefficient (Wildman–Crippen LogP) is 2.17. The minimum Gasteiger partial charge on any atom is -0.484 e. The molecule has 3 N–H and O–H groups in total. The lowest BCUT2D eigenvalue weighted by molar-refractivity contribution is -0.139. The standard InChI is InChI=1S/C23H28N4O4/c1-16(2)13-24-22(29)23(30)27-25-14-18-9-11-20(12-10-18)31-15-21(28)26-17(3)19-7-5-4-6-8-19/h4-12,14,16-17H,13,15H2,1-3H3,(H,24,29)(H,26,28)(H,27,30)/b25-14-/t17-/m1/s1. The number of nitrogens with zero attached hydrogens (tertiary/aromatic N) is 1. The highest BCUT2D eigenvalue weighted by Crippen LogP contribution is 2.13. The number of amides is 3. The first-order chi connectivity index (χ1) is 14.8. The first-order valence-corrected chi connectivity index (χ1v) is 10.0. The predicted molar refractivity (Wildman–Crippen MR) is 119 cm³/mol. The first kappa shape index (κ1) is 23.6. The molecule has 0 aromatic heterocycles. The Morgan fingerprint density at radius 3 is 2.29 bits per heavy atom. The number of carbonyl (C=O) groups is 3. The molecule has 1 atom stereocenters. The summed E-state index contributed by atoms with van der Waals surface area (Å²) in [5.74, 6) is -1.00. The zero-order valence-corrected chi connectivity index (χ0v) is 17.9. The van der Waals surface area contributed by atoms with Crippen LogP contribution in [0, 0.1) is 5.92 Å². The van der Waals surface area contributed by atoms with E-state index in [1.54, 1.807) is 24.3 Å². The summed E-state index contributed by atoms with van der Waals surface area (Å²) >= 11 is 0. The monoisotopic (exact) mass is 424 g/mol. The van der Waals surface area contributed by atoms with Gasteiger partial charge in [0.2, 0.25) is 0 Å². The quantitative estimate of drug-likeness (QED) is 0.326. The highest BCUT2D eigenvalue weighted by atomic mass is 16.5. The Bertz CT molecular complexity index is 896. The van der Waals surface area contributed by atoms with Crippen molar-refractivity contribution in [1.82, 2.24) is 16.1 Å². The van der Waals surface area contributed by atoms with Crippen LogP contribution in [0.5, 0.6) is 5.75 Å². The van der Waals surface area contributed by atoms with E-state index in [1.807, 2.05) is 51.1 Å². The van der Waals surface area contributed by atoms with Crippen molar-refractivity contribution in [3.63, 3.8) is 0 Å². The zero-order chi connectivity index (χ0) is 22.6. The normalized spacial score (nSPS) is 11.7. The molecule has 0 aliphatic carbocycles. The fourth-order valence-corrected chi connectivity index (χ4v) is 2.50. The van der Waals surface area contributed by atoms with E-state index in [-0.39, 0.29) is 24.5 Å². The minimum atomic E-state index is -0.826. The SMILES string of the molecule is CC(C)CNC(=O)C(=O)N/N=C\c1ccc(OCC(=O)N[C@H](C)c2ccccc2)cc1. The third-order valence-corrected chi connectivity index (χ3v) is 4.18. The van der Waals surface area contributed by atoms with Crippen molar-refractivity contribution in [3.8, 4) is 5.75 Å². The smallest absolute Gasteiger partial charge is 0.329 e. The molecule has 0 fully saturated rings. The lowest BCUT2D eigenvalue weighted by Gasteiger charge is -2.14. The summed E-state index contributed by atoms with van der Waals surface area (Å²) in [5, 5.41) is 9.16. The summed E-state index contributed by atoms with van der Waals surface area (Å²) < 4.78 is 5.50. The fraction of sp³-hybridized carbons (Fsp3) is 0.304. The number of carbonyl (C=O) groups excluding carboxylic acids is 3. The van der Waals surface area contributed by atoms with Gasteiger partial charge in [0, 0.05) is 6.54 Å². The Kier molecular flexibility index (Phi) is 9.22. The molecule has 31 heavy (non-hydrogen) atoms. The molecule has 0 unspecified atom stereocenters. The van der Waals surface area contributed by atoms with Crippen LogP contribution < -0.4 is 20.8 Å². The van der Waals surface area contributed by atoms with Crippen molar-refractivity contribution in [2.45, 2.75) is 26.8 Å². The molecule has 0 saturated heterocycles. The number of hydrogen-bond donors (Lipinski definition) is 3. The Balaban J connectivity index is 1.75. The molecular weight excluding hydrogens is 396 g/mol. The van der Waals surface area contributed by atoms with E-state index >= 15 is 0 Å². The average Bonchev–Trinajstić information content (AvgIpc) is 2.77. The van der Waals surface area contributed by atoms with Crippen molar-refractivity contribution in [1.29, 1.82) is 0 Å². The summed E-state index contributed by atoms with van der Waals surface area (Å²) in [6.45, 7) is 6.09. The van der Waals surface area contributed by atoms with E-state index in [0.29, 0.717) is 17.9 Å². The third kappa shape index (κ3) is 8.69. The van der Waals surface area contributed by atoms with Crippen LogP contribution in [0.25, 0.3) is 0 Å². The zero-order valence-electron chi connectivity index (χ0n) is 17.9. The molecule has 0 aliphatic heterocycles. The molecule has 0 bridgehead atoms. The van der Waals surface area contributed by atoms with Crippen LogP contribution in [0.1, 0.15) is 37.9 Å². The maximum atomic E-state index is 12.1. The molecule has 8 heteroatoms. The van der Waals surface area contributed by atoms with Crippen LogP contribution in [0.4, 0.5) is 0 Å². The van der Waals surface area contributed by atoms with E-state index in [2.05, 4.69) is 21.2 Å². The van der Waals surface area contributed by atoms with Crippen molar-refractivity contribution in [2.75, 3.05) is 13.2 Å². The number of rotatable bonds is 9. The largest absolute Gasteiger partial charge is 0.484 e. The van der Waals surface area contributed by atoms with Gasteiger partial charge in [0.1, 0.15) is 5.75 Å². The number of hydrazone groups is 1. The molecule has 0 heterocycles. The molecule has 164 valence electrons. The minimum absolute atomic E-state index is 0.105. The molecule has 0 aliphatic rings. The van der Waals surface area contributed by atoms with Gasteiger partial charge in [0.25, 0.3) is 5.91 Å². The molecule has 0 saturated carbocycles. The van der Waals surface area contributed by atoms with Crippen molar-refractivity contribution >= 4 is 23.9 Å². The molecule has 2 aromatic carbocycles. The van der Waals surface area contributed by atoms with Gasteiger partial charge in [0.05, 0.1) is 12.3 Å². The van der Waals surface area contributed by atoms with Crippen LogP contribution in [0.3, 0.4) is 0 Å². The second-order valence-electron chi connectivity index (χ2n) is 7.36. The van der Waals surface area contributed by atoms with Crippen LogP contribution in [-0.4, -0.2) is 37.1 Å². The lowest BCUT2D eigenvalue weighted by atomic mass is 10.1. The van der Waals surface area contributed by atoms with Gasteiger partial charge >= 0.3 is 11.8 Å². The first-order valence-electron chi connectivity index (χ1n) is 10.0. The van der Waals surface area contributed by atoms with Gasteiger partial charge in [-0.25, -0.2) is 5.43 Å². The van der Waals surface area contributed by atoms with E-state index in [1.165, 1.54) is 6.21 Å². The van der Waals surface area contributed by atoms with Crippen molar-refractivity contribution < 1.29 is 19.1 Å². The second kappa shape index (κ2) is 12.1. The topological polar surface area (TPSA) is 109 Å². The van der Waals surface area contributed by atoms with Gasteiger partial charge in [-0.2, -0.15) is 5.10 Å². The molecule has 8 nitrogen and oxygen atoms in total. The van der Waals surface area contributed by atoms with Gasteiger partial charge < -0.3 is 15.4 Å². The van der Waals surface area contributed by atoms with Crippen molar-refractivity contribution in [2.24, 2.45) is 11.0 Å². The summed E-state index contributed by atoms with van der Waals surface area (Å²) in [6.07, 6.45) is 1.41. The Hall–Kier alpha value is -3.68. The van der Waals surface area contributed by atoms with E-state index < -0.39 is 11.8 Å². The summed E-state index contributed by atoms with van der Waals surface area (Å²) in [5.41, 5.74) is 3.88. The van der Waals surface area contributed by atoms with Crippen LogP contribution in [0.15, 0.2) is 59.7 Å². The number of hydrogen-bond acceptors (Lipinski definition) is 5. The highest BCUT2D eigenvalue weighted by Gasteiger charge is 2.12. The molecule has 2 rings (SSSR count). The summed E-state index contributed by atoms with van der Waals surface area (Å²) in [4.78, 5) is 35.3. The van der Waals surface area contributed by atoms with Crippen molar-refractivity contribution in [3.05, 3.63) is 65.7 Å².